The summed E-state index contributed by atoms with van der Waals surface area (Å²) in [6.45, 7) is 19.4. The fourth-order valence-electron chi connectivity index (χ4n) is 2.45. The van der Waals surface area contributed by atoms with E-state index in [0.29, 0.717) is 145 Å². The molecule has 0 aliphatic rings. The van der Waals surface area contributed by atoms with Gasteiger partial charge in [0.05, 0.1) is 145 Å². The average molecular weight is 697 g/mol. The first kappa shape index (κ1) is 53.2. The molecule has 15 heteroatoms. The van der Waals surface area contributed by atoms with Crippen molar-refractivity contribution in [2.24, 2.45) is 0 Å². The lowest BCUT2D eigenvalue weighted by molar-refractivity contribution is -0.00380. The second-order valence-electron chi connectivity index (χ2n) is 8.64. The van der Waals surface area contributed by atoms with Crippen LogP contribution in [0.1, 0.15) is 13.8 Å². The van der Waals surface area contributed by atoms with Gasteiger partial charge >= 0.3 is 0 Å². The highest BCUT2D eigenvalue weighted by Gasteiger charge is 1.92. The van der Waals surface area contributed by atoms with Crippen molar-refractivity contribution in [1.82, 2.24) is 0 Å². The molecule has 0 spiro atoms. The summed E-state index contributed by atoms with van der Waals surface area (Å²) in [5, 5.41) is 0. The SMILES string of the molecule is CCOCCOCCOCC.COCCOCCOC.COCCOCCOCCOC.COCCOCCOCCOCCOC. The van der Waals surface area contributed by atoms with Gasteiger partial charge in [-0.15, -0.1) is 0 Å². The predicted octanol–water partition coefficient (Wildman–Crippen LogP) is 2.01. The molecule has 0 aromatic carbocycles. The van der Waals surface area contributed by atoms with E-state index in [9.17, 15) is 0 Å². The van der Waals surface area contributed by atoms with E-state index in [1.54, 1.807) is 42.7 Å². The van der Waals surface area contributed by atoms with Crippen LogP contribution in [0.3, 0.4) is 0 Å². The van der Waals surface area contributed by atoms with Gasteiger partial charge in [-0.25, -0.2) is 0 Å². The summed E-state index contributed by atoms with van der Waals surface area (Å²) < 4.78 is 75.2. The van der Waals surface area contributed by atoms with Crippen LogP contribution in [-0.4, -0.2) is 201 Å². The molecule has 0 rings (SSSR count). The molecule has 0 bridgehead atoms. The van der Waals surface area contributed by atoms with Crippen molar-refractivity contribution in [1.29, 1.82) is 0 Å². The zero-order valence-electron chi connectivity index (χ0n) is 31.1. The van der Waals surface area contributed by atoms with Crippen molar-refractivity contribution in [3.63, 3.8) is 0 Å². The molecular weight excluding hydrogens is 624 g/mol. The highest BCUT2D eigenvalue weighted by atomic mass is 16.6. The molecule has 0 aliphatic heterocycles. The van der Waals surface area contributed by atoms with E-state index < -0.39 is 0 Å². The van der Waals surface area contributed by atoms with Crippen LogP contribution < -0.4 is 0 Å². The number of hydrogen-bond donors (Lipinski definition) is 0. The lowest BCUT2D eigenvalue weighted by Gasteiger charge is -2.06. The number of hydrogen-bond acceptors (Lipinski definition) is 15. The molecule has 0 N–H and O–H groups in total. The Hall–Kier alpha value is -0.600. The molecule has 0 heterocycles. The molecule has 0 radical (unpaired) electrons. The van der Waals surface area contributed by atoms with Crippen molar-refractivity contribution in [3.8, 4) is 0 Å². The molecule has 0 unspecified atom stereocenters. The van der Waals surface area contributed by atoms with E-state index >= 15 is 0 Å². The Morgan fingerprint density at radius 3 is 0.447 bits per heavy atom. The van der Waals surface area contributed by atoms with E-state index in [0.717, 1.165) is 13.2 Å². The maximum atomic E-state index is 5.26. The molecule has 0 atom stereocenters. The number of rotatable bonds is 35. The monoisotopic (exact) mass is 696 g/mol. The summed E-state index contributed by atoms with van der Waals surface area (Å²) >= 11 is 0. The van der Waals surface area contributed by atoms with Crippen LogP contribution in [-0.2, 0) is 71.1 Å². The van der Waals surface area contributed by atoms with Crippen LogP contribution in [0.4, 0.5) is 0 Å². The van der Waals surface area contributed by atoms with Gasteiger partial charge in [-0.2, -0.15) is 0 Å². The first-order valence-electron chi connectivity index (χ1n) is 16.3. The Bertz CT molecular complexity index is 419. The lowest BCUT2D eigenvalue weighted by Crippen LogP contribution is -2.12. The summed E-state index contributed by atoms with van der Waals surface area (Å²) in [5.41, 5.74) is 0. The van der Waals surface area contributed by atoms with Gasteiger partial charge in [0.1, 0.15) is 0 Å². The zero-order valence-corrected chi connectivity index (χ0v) is 31.1. The molecule has 0 fully saturated rings. The van der Waals surface area contributed by atoms with Gasteiger partial charge in [-0.05, 0) is 13.8 Å². The molecule has 47 heavy (non-hydrogen) atoms. The van der Waals surface area contributed by atoms with Gasteiger partial charge in [0.2, 0.25) is 0 Å². The van der Waals surface area contributed by atoms with Gasteiger partial charge in [0.25, 0.3) is 0 Å². The van der Waals surface area contributed by atoms with Crippen LogP contribution in [0.15, 0.2) is 0 Å². The number of methoxy groups -OCH3 is 6. The number of ether oxygens (including phenoxy) is 15. The predicted molar refractivity (Wildman–Crippen MR) is 180 cm³/mol. The van der Waals surface area contributed by atoms with E-state index in [1.807, 2.05) is 13.8 Å². The van der Waals surface area contributed by atoms with Crippen LogP contribution in [0.5, 0.6) is 0 Å². The van der Waals surface area contributed by atoms with Gasteiger partial charge in [-0.3, -0.25) is 0 Å². The smallest absolute Gasteiger partial charge is 0.0701 e. The Labute approximate surface area is 286 Å². The lowest BCUT2D eigenvalue weighted by atomic mass is 10.7. The quantitative estimate of drug-likeness (QED) is 0.0893. The standard InChI is InChI=1S/C10H22O5.C8H18O4.C8H18O3.C6H14O3/c1-11-3-5-13-7-9-15-10-8-14-6-4-12-2;1-9-3-5-11-7-8-12-6-4-10-2;1-3-9-5-7-11-8-6-10-4-2;1-7-3-5-9-6-4-8-2/h3-10H2,1-2H3;3-8H2,1-2H3;3-8H2,1-2H3;3-6H2,1-2H3. The maximum Gasteiger partial charge on any atom is 0.0701 e. The molecule has 0 amide bonds. The van der Waals surface area contributed by atoms with E-state index in [4.69, 9.17) is 71.1 Å². The van der Waals surface area contributed by atoms with Crippen molar-refractivity contribution >= 4 is 0 Å². The van der Waals surface area contributed by atoms with Crippen molar-refractivity contribution in [3.05, 3.63) is 0 Å². The Kier molecular flexibility index (Phi) is 68.7. The fraction of sp³-hybridized carbons (Fsp3) is 1.00. The molecule has 0 aromatic heterocycles. The van der Waals surface area contributed by atoms with Crippen molar-refractivity contribution in [2.75, 3.05) is 201 Å². The summed E-state index contributed by atoms with van der Waals surface area (Å²) in [7, 11) is 9.91. The minimum atomic E-state index is 0.595. The molecule has 290 valence electrons. The summed E-state index contributed by atoms with van der Waals surface area (Å²) in [6.07, 6.45) is 0. The highest BCUT2D eigenvalue weighted by Crippen LogP contribution is 1.83. The normalized spacial score (nSPS) is 10.5. The van der Waals surface area contributed by atoms with Crippen LogP contribution >= 0.6 is 0 Å². The summed E-state index contributed by atoms with van der Waals surface area (Å²) in [5.74, 6) is 0. The van der Waals surface area contributed by atoms with Crippen molar-refractivity contribution in [2.45, 2.75) is 13.8 Å². The molecule has 0 saturated heterocycles. The van der Waals surface area contributed by atoms with Gasteiger partial charge in [0, 0.05) is 55.9 Å². The largest absolute Gasteiger partial charge is 0.382 e. The van der Waals surface area contributed by atoms with E-state index in [1.165, 1.54) is 0 Å². The summed E-state index contributed by atoms with van der Waals surface area (Å²) in [4.78, 5) is 0. The van der Waals surface area contributed by atoms with Crippen molar-refractivity contribution < 1.29 is 71.1 Å². The molecule has 0 aliphatic carbocycles. The molecule has 0 aromatic rings. The Morgan fingerprint density at radius 2 is 0.319 bits per heavy atom. The van der Waals surface area contributed by atoms with Crippen LogP contribution in [0.25, 0.3) is 0 Å². The minimum absolute atomic E-state index is 0.595. The zero-order chi connectivity index (χ0) is 35.6. The van der Waals surface area contributed by atoms with Crippen LogP contribution in [0.2, 0.25) is 0 Å². The highest BCUT2D eigenvalue weighted by molar-refractivity contribution is 4.35. The minimum Gasteiger partial charge on any atom is -0.382 e. The third-order valence-corrected chi connectivity index (χ3v) is 4.86. The Balaban J connectivity index is -0.000000267. The first-order valence-corrected chi connectivity index (χ1v) is 16.3. The third-order valence-electron chi connectivity index (χ3n) is 4.86. The second kappa shape index (κ2) is 60.7. The molecule has 15 nitrogen and oxygen atoms in total. The molecular formula is C32H72O15. The first-order chi connectivity index (χ1) is 23.2. The molecule has 0 saturated carbocycles. The second-order valence-corrected chi connectivity index (χ2v) is 8.64. The topological polar surface area (TPSA) is 138 Å². The summed E-state index contributed by atoms with van der Waals surface area (Å²) in [6, 6.07) is 0. The van der Waals surface area contributed by atoms with Gasteiger partial charge < -0.3 is 71.1 Å². The van der Waals surface area contributed by atoms with Crippen LogP contribution in [0, 0.1) is 0 Å². The van der Waals surface area contributed by atoms with Gasteiger partial charge in [0.15, 0.2) is 0 Å². The van der Waals surface area contributed by atoms with E-state index in [2.05, 4.69) is 0 Å². The average Bonchev–Trinajstić information content (AvgIpc) is 3.09. The third kappa shape index (κ3) is 72.3. The van der Waals surface area contributed by atoms with Gasteiger partial charge in [-0.1, -0.05) is 0 Å². The van der Waals surface area contributed by atoms with E-state index in [-0.39, 0.29) is 0 Å². The maximum absolute atomic E-state index is 5.26. The Morgan fingerprint density at radius 1 is 0.191 bits per heavy atom. The fourth-order valence-corrected chi connectivity index (χ4v) is 2.45.